The van der Waals surface area contributed by atoms with Crippen LogP contribution in [0.1, 0.15) is 31.1 Å². The predicted molar refractivity (Wildman–Crippen MR) is 152 cm³/mol. The molecule has 38 heavy (non-hydrogen) atoms. The maximum Gasteiger partial charge on any atom is 0.269 e. The van der Waals surface area contributed by atoms with Crippen molar-refractivity contribution in [1.29, 1.82) is 0 Å². The Morgan fingerprint density at radius 3 is 1.37 bits per heavy atom. The average Bonchev–Trinajstić information content (AvgIpc) is 2.91. The maximum atomic E-state index is 13.0. The molecule has 0 aliphatic rings. The molecule has 0 saturated carbocycles. The number of anilines is 3. The van der Waals surface area contributed by atoms with Gasteiger partial charge in [0.25, 0.3) is 23.4 Å². The Kier molecular flexibility index (Phi) is 8.29. The quantitative estimate of drug-likeness (QED) is 0.150. The van der Waals surface area contributed by atoms with E-state index in [2.05, 4.69) is 47.8 Å². The summed E-state index contributed by atoms with van der Waals surface area (Å²) in [6.07, 6.45) is 0. The molecule has 3 N–H and O–H groups in total. The fourth-order valence-electron chi connectivity index (χ4n) is 3.37. The van der Waals surface area contributed by atoms with Gasteiger partial charge in [-0.3, -0.25) is 24.5 Å². The number of non-ortho nitro benzene ring substituents is 1. The van der Waals surface area contributed by atoms with E-state index in [1.165, 1.54) is 42.5 Å². The molecule has 0 saturated heterocycles. The smallest absolute Gasteiger partial charge is 0.269 e. The highest BCUT2D eigenvalue weighted by atomic mass is 79.9. The number of nitrogens with zero attached hydrogens (tertiary/aromatic N) is 1. The molecule has 4 aromatic carbocycles. The highest BCUT2D eigenvalue weighted by molar-refractivity contribution is 9.10. The topological polar surface area (TPSA) is 130 Å². The van der Waals surface area contributed by atoms with Gasteiger partial charge in [-0.05, 0) is 78.9 Å². The average molecular weight is 638 g/mol. The second-order valence-electron chi connectivity index (χ2n) is 7.98. The number of benzene rings is 4. The number of carbonyl (C=O) groups is 3. The van der Waals surface area contributed by atoms with Gasteiger partial charge in [0.1, 0.15) is 0 Å². The van der Waals surface area contributed by atoms with Crippen molar-refractivity contribution >= 4 is 72.3 Å². The van der Waals surface area contributed by atoms with Gasteiger partial charge in [0, 0.05) is 54.8 Å². The fourth-order valence-corrected chi connectivity index (χ4v) is 3.90. The van der Waals surface area contributed by atoms with Gasteiger partial charge in [0.05, 0.1) is 4.92 Å². The Morgan fingerprint density at radius 1 is 0.553 bits per heavy atom. The lowest BCUT2D eigenvalue weighted by Gasteiger charge is -2.12. The Morgan fingerprint density at radius 2 is 0.947 bits per heavy atom. The van der Waals surface area contributed by atoms with Gasteiger partial charge in [-0.1, -0.05) is 31.9 Å². The molecule has 4 aromatic rings. The fraction of sp³-hybridized carbons (Fsp3) is 0. The van der Waals surface area contributed by atoms with Crippen LogP contribution in [0.15, 0.2) is 99.9 Å². The minimum absolute atomic E-state index is 0.135. The third-order valence-corrected chi connectivity index (χ3v) is 6.32. The molecule has 0 unspecified atom stereocenters. The molecule has 3 amide bonds. The maximum absolute atomic E-state index is 13.0. The van der Waals surface area contributed by atoms with E-state index in [4.69, 9.17) is 0 Å². The van der Waals surface area contributed by atoms with E-state index in [1.54, 1.807) is 48.5 Å². The molecule has 0 aromatic heterocycles. The summed E-state index contributed by atoms with van der Waals surface area (Å²) in [6, 6.07) is 23.3. The van der Waals surface area contributed by atoms with Gasteiger partial charge in [-0.2, -0.15) is 0 Å². The summed E-state index contributed by atoms with van der Waals surface area (Å²) in [6.45, 7) is 0. The SMILES string of the molecule is O=C(Nc1cc(C(=O)Nc2ccc(Br)cc2)cc(C(=O)Nc2ccc(Br)cc2)c1)c1ccc([N+](=O)[O-])cc1. The molecular weight excluding hydrogens is 620 g/mol. The first-order valence-electron chi connectivity index (χ1n) is 11.0. The number of hydrogen-bond donors (Lipinski definition) is 3. The molecule has 0 atom stereocenters. The van der Waals surface area contributed by atoms with Crippen LogP contribution in [0.25, 0.3) is 0 Å². The van der Waals surface area contributed by atoms with Crippen LogP contribution >= 0.6 is 31.9 Å². The van der Waals surface area contributed by atoms with E-state index >= 15 is 0 Å². The van der Waals surface area contributed by atoms with Crippen molar-refractivity contribution < 1.29 is 19.3 Å². The van der Waals surface area contributed by atoms with Gasteiger partial charge in [-0.15, -0.1) is 0 Å². The number of hydrogen-bond acceptors (Lipinski definition) is 5. The van der Waals surface area contributed by atoms with Gasteiger partial charge >= 0.3 is 0 Å². The molecule has 11 heteroatoms. The normalized spacial score (nSPS) is 10.4. The van der Waals surface area contributed by atoms with Crippen LogP contribution in [0.4, 0.5) is 22.7 Å². The lowest BCUT2D eigenvalue weighted by atomic mass is 10.1. The first-order valence-corrected chi connectivity index (χ1v) is 12.6. The van der Waals surface area contributed by atoms with Crippen LogP contribution in [-0.4, -0.2) is 22.6 Å². The second kappa shape index (κ2) is 11.8. The van der Waals surface area contributed by atoms with Gasteiger partial charge in [0.2, 0.25) is 0 Å². The molecule has 0 aliphatic carbocycles. The number of amides is 3. The Hall–Kier alpha value is -4.35. The Labute approximate surface area is 233 Å². The molecular formula is C27H18Br2N4O5. The van der Waals surface area contributed by atoms with Crippen LogP contribution in [0, 0.1) is 10.1 Å². The summed E-state index contributed by atoms with van der Waals surface area (Å²) in [7, 11) is 0. The van der Waals surface area contributed by atoms with Crippen LogP contribution in [0.2, 0.25) is 0 Å². The van der Waals surface area contributed by atoms with Gasteiger partial charge < -0.3 is 16.0 Å². The third-order valence-electron chi connectivity index (χ3n) is 5.26. The van der Waals surface area contributed by atoms with Crippen LogP contribution < -0.4 is 16.0 Å². The number of nitrogens with one attached hydrogen (secondary N) is 3. The zero-order valence-electron chi connectivity index (χ0n) is 19.4. The van der Waals surface area contributed by atoms with Gasteiger partial charge in [0.15, 0.2) is 0 Å². The van der Waals surface area contributed by atoms with E-state index in [-0.39, 0.29) is 28.1 Å². The largest absolute Gasteiger partial charge is 0.322 e. The summed E-state index contributed by atoms with van der Waals surface area (Å²) in [4.78, 5) is 49.2. The van der Waals surface area contributed by atoms with Crippen molar-refractivity contribution in [2.45, 2.75) is 0 Å². The molecule has 0 heterocycles. The molecule has 4 rings (SSSR count). The van der Waals surface area contributed by atoms with E-state index in [1.807, 2.05) is 0 Å². The zero-order valence-corrected chi connectivity index (χ0v) is 22.6. The van der Waals surface area contributed by atoms with E-state index in [0.717, 1.165) is 8.95 Å². The summed E-state index contributed by atoms with van der Waals surface area (Å²) in [5.41, 5.74) is 1.56. The Balaban J connectivity index is 1.62. The highest BCUT2D eigenvalue weighted by Gasteiger charge is 2.16. The van der Waals surface area contributed by atoms with E-state index in [0.29, 0.717) is 11.4 Å². The van der Waals surface area contributed by atoms with Crippen molar-refractivity contribution in [3.05, 3.63) is 127 Å². The monoisotopic (exact) mass is 636 g/mol. The number of nitro groups is 1. The number of halogens is 2. The molecule has 0 radical (unpaired) electrons. The summed E-state index contributed by atoms with van der Waals surface area (Å²) in [5, 5.41) is 19.1. The molecule has 0 spiro atoms. The third kappa shape index (κ3) is 6.90. The minimum Gasteiger partial charge on any atom is -0.322 e. The Bertz CT molecular complexity index is 1450. The molecule has 9 nitrogen and oxygen atoms in total. The van der Waals surface area contributed by atoms with E-state index < -0.39 is 22.6 Å². The van der Waals surface area contributed by atoms with Crippen molar-refractivity contribution in [3.63, 3.8) is 0 Å². The number of rotatable bonds is 7. The zero-order chi connectivity index (χ0) is 27.2. The van der Waals surface area contributed by atoms with Crippen molar-refractivity contribution in [3.8, 4) is 0 Å². The minimum atomic E-state index is -0.565. The van der Waals surface area contributed by atoms with Crippen molar-refractivity contribution in [1.82, 2.24) is 0 Å². The summed E-state index contributed by atoms with van der Waals surface area (Å²) < 4.78 is 1.69. The van der Waals surface area contributed by atoms with Crippen LogP contribution in [0.5, 0.6) is 0 Å². The predicted octanol–water partition coefficient (Wildman–Crippen LogP) is 6.88. The van der Waals surface area contributed by atoms with Crippen molar-refractivity contribution in [2.75, 3.05) is 16.0 Å². The molecule has 0 bridgehead atoms. The summed E-state index contributed by atoms with van der Waals surface area (Å²) >= 11 is 6.68. The summed E-state index contributed by atoms with van der Waals surface area (Å²) in [5.74, 6) is -1.54. The number of carbonyl (C=O) groups excluding carboxylic acids is 3. The van der Waals surface area contributed by atoms with Crippen LogP contribution in [-0.2, 0) is 0 Å². The van der Waals surface area contributed by atoms with E-state index in [9.17, 15) is 24.5 Å². The van der Waals surface area contributed by atoms with Crippen molar-refractivity contribution in [2.24, 2.45) is 0 Å². The lowest BCUT2D eigenvalue weighted by molar-refractivity contribution is -0.384. The molecule has 190 valence electrons. The molecule has 0 aliphatic heterocycles. The van der Waals surface area contributed by atoms with Crippen LogP contribution in [0.3, 0.4) is 0 Å². The first-order chi connectivity index (χ1) is 18.2. The van der Waals surface area contributed by atoms with Gasteiger partial charge in [-0.25, -0.2) is 0 Å². The second-order valence-corrected chi connectivity index (χ2v) is 9.81. The lowest BCUT2D eigenvalue weighted by Crippen LogP contribution is -2.18. The number of nitro benzene ring substituents is 1. The highest BCUT2D eigenvalue weighted by Crippen LogP contribution is 2.22. The standard InChI is InChI=1S/C27H18Br2N4O5/c28-19-3-7-21(8-4-19)30-26(35)17-13-18(27(36)31-22-9-5-20(29)6-10-22)15-23(14-17)32-25(34)16-1-11-24(12-2-16)33(37)38/h1-15H,(H,30,35)(H,31,36)(H,32,34). The molecule has 0 fully saturated rings. The first kappa shape index (κ1) is 26.7.